The summed E-state index contributed by atoms with van der Waals surface area (Å²) in [5, 5.41) is 3.33. The number of hydrogen-bond acceptors (Lipinski definition) is 4. The van der Waals surface area contributed by atoms with Crippen LogP contribution in [0.5, 0.6) is 0 Å². The first-order valence-electron chi connectivity index (χ1n) is 5.50. The van der Waals surface area contributed by atoms with Crippen molar-refractivity contribution in [2.75, 3.05) is 10.7 Å². The summed E-state index contributed by atoms with van der Waals surface area (Å²) in [6.07, 6.45) is 1.72. The number of benzene rings is 1. The van der Waals surface area contributed by atoms with E-state index in [1.807, 2.05) is 12.1 Å². The van der Waals surface area contributed by atoms with Crippen molar-refractivity contribution in [2.45, 2.75) is 13.5 Å². The molecule has 1 heterocycles. The zero-order valence-corrected chi connectivity index (χ0v) is 9.77. The highest BCUT2D eigenvalue weighted by Gasteiger charge is 1.96. The van der Waals surface area contributed by atoms with Gasteiger partial charge in [-0.25, -0.2) is 10.8 Å². The molecule has 4 N–H and O–H groups in total. The Bertz CT molecular complexity index is 496. The van der Waals surface area contributed by atoms with Crippen LogP contribution in [0.15, 0.2) is 42.6 Å². The maximum Gasteiger partial charge on any atom is 0.141 e. The van der Waals surface area contributed by atoms with Gasteiger partial charge in [-0.2, -0.15) is 0 Å². The van der Waals surface area contributed by atoms with Crippen molar-refractivity contribution in [3.63, 3.8) is 0 Å². The summed E-state index contributed by atoms with van der Waals surface area (Å²) in [5.74, 6) is 5.96. The summed E-state index contributed by atoms with van der Waals surface area (Å²) < 4.78 is 0. The number of aryl methyl sites for hydroxylation is 1. The maximum atomic E-state index is 5.31. The highest BCUT2D eigenvalue weighted by molar-refractivity contribution is 5.51. The van der Waals surface area contributed by atoms with Gasteiger partial charge in [0.15, 0.2) is 0 Å². The second kappa shape index (κ2) is 5.32. The average Bonchev–Trinajstić information content (AvgIpc) is 2.37. The van der Waals surface area contributed by atoms with E-state index < -0.39 is 0 Å². The zero-order chi connectivity index (χ0) is 12.1. The largest absolute Gasteiger partial charge is 0.381 e. The number of nitrogens with zero attached hydrogens (tertiary/aromatic N) is 1. The molecule has 0 saturated carbocycles. The number of nitrogens with two attached hydrogens (primary N) is 1. The van der Waals surface area contributed by atoms with E-state index in [4.69, 9.17) is 5.84 Å². The van der Waals surface area contributed by atoms with E-state index in [1.165, 1.54) is 11.1 Å². The fourth-order valence-electron chi connectivity index (χ4n) is 1.65. The van der Waals surface area contributed by atoms with E-state index in [0.717, 1.165) is 12.2 Å². The molecule has 0 unspecified atom stereocenters. The number of nitrogen functional groups attached to an aromatic ring is 1. The van der Waals surface area contributed by atoms with Crippen LogP contribution in [-0.2, 0) is 6.54 Å². The molecule has 1 aromatic carbocycles. The molecule has 0 atom stereocenters. The molecule has 0 radical (unpaired) electrons. The molecule has 0 aliphatic carbocycles. The van der Waals surface area contributed by atoms with E-state index in [-0.39, 0.29) is 0 Å². The molecule has 2 aromatic rings. The molecule has 1 aromatic heterocycles. The first-order chi connectivity index (χ1) is 8.28. The lowest BCUT2D eigenvalue weighted by atomic mass is 10.1. The number of hydrazine groups is 1. The third-order valence-corrected chi connectivity index (χ3v) is 2.49. The molecule has 0 aliphatic heterocycles. The number of hydrogen-bond donors (Lipinski definition) is 3. The second-order valence-corrected chi connectivity index (χ2v) is 3.92. The molecule has 2 rings (SSSR count). The van der Waals surface area contributed by atoms with Gasteiger partial charge in [0.25, 0.3) is 0 Å². The van der Waals surface area contributed by atoms with Crippen LogP contribution in [-0.4, -0.2) is 4.98 Å². The topological polar surface area (TPSA) is 63.0 Å². The van der Waals surface area contributed by atoms with Crippen molar-refractivity contribution >= 4 is 11.5 Å². The first-order valence-corrected chi connectivity index (χ1v) is 5.50. The van der Waals surface area contributed by atoms with Gasteiger partial charge in [0.1, 0.15) is 5.82 Å². The third-order valence-electron chi connectivity index (χ3n) is 2.49. The Hall–Kier alpha value is -2.07. The summed E-state index contributed by atoms with van der Waals surface area (Å²) in [6, 6.07) is 12.2. The molecular formula is C13H16N4. The lowest BCUT2D eigenvalue weighted by molar-refractivity contribution is 1.13. The molecule has 0 spiro atoms. The predicted octanol–water partition coefficient (Wildman–Crippen LogP) is 2.29. The maximum absolute atomic E-state index is 5.31. The summed E-state index contributed by atoms with van der Waals surface area (Å²) in [6.45, 7) is 2.88. The van der Waals surface area contributed by atoms with Crippen LogP contribution in [0.3, 0.4) is 0 Å². The molecule has 88 valence electrons. The van der Waals surface area contributed by atoms with Crippen LogP contribution >= 0.6 is 0 Å². The summed E-state index contributed by atoms with van der Waals surface area (Å²) in [7, 11) is 0. The van der Waals surface area contributed by atoms with E-state index in [9.17, 15) is 0 Å². The van der Waals surface area contributed by atoms with Crippen LogP contribution in [0.1, 0.15) is 11.1 Å². The Kier molecular flexibility index (Phi) is 3.57. The smallest absolute Gasteiger partial charge is 0.141 e. The van der Waals surface area contributed by atoms with Crippen molar-refractivity contribution in [2.24, 2.45) is 5.84 Å². The van der Waals surface area contributed by atoms with Gasteiger partial charge in [-0.15, -0.1) is 0 Å². The molecule has 0 bridgehead atoms. The summed E-state index contributed by atoms with van der Waals surface area (Å²) >= 11 is 0. The van der Waals surface area contributed by atoms with Gasteiger partial charge < -0.3 is 10.7 Å². The summed E-state index contributed by atoms with van der Waals surface area (Å²) in [4.78, 5) is 4.05. The molecule has 4 heteroatoms. The van der Waals surface area contributed by atoms with Gasteiger partial charge >= 0.3 is 0 Å². The van der Waals surface area contributed by atoms with Crippen LogP contribution < -0.4 is 16.6 Å². The van der Waals surface area contributed by atoms with E-state index in [2.05, 4.69) is 46.9 Å². The van der Waals surface area contributed by atoms with Gasteiger partial charge in [-0.3, -0.25) is 0 Å². The Labute approximate surface area is 101 Å². The predicted molar refractivity (Wildman–Crippen MR) is 70.6 cm³/mol. The fourth-order valence-corrected chi connectivity index (χ4v) is 1.65. The number of nitrogens with one attached hydrogen (secondary N) is 2. The Morgan fingerprint density at radius 2 is 2.12 bits per heavy atom. The highest BCUT2D eigenvalue weighted by Crippen LogP contribution is 2.12. The van der Waals surface area contributed by atoms with Crippen molar-refractivity contribution < 1.29 is 0 Å². The first kappa shape index (κ1) is 11.4. The normalized spacial score (nSPS) is 10.0. The van der Waals surface area contributed by atoms with Crippen molar-refractivity contribution in [1.82, 2.24) is 4.98 Å². The monoisotopic (exact) mass is 228 g/mol. The van der Waals surface area contributed by atoms with Crippen LogP contribution in [0.25, 0.3) is 0 Å². The van der Waals surface area contributed by atoms with Gasteiger partial charge in [0.2, 0.25) is 0 Å². The number of aromatic nitrogens is 1. The minimum atomic E-state index is 0.652. The van der Waals surface area contributed by atoms with Crippen LogP contribution in [0, 0.1) is 6.92 Å². The summed E-state index contributed by atoms with van der Waals surface area (Å²) in [5.41, 5.74) is 6.04. The Morgan fingerprint density at radius 3 is 2.88 bits per heavy atom. The minimum Gasteiger partial charge on any atom is -0.381 e. The lowest BCUT2D eigenvalue weighted by Gasteiger charge is -2.08. The minimum absolute atomic E-state index is 0.652. The van der Waals surface area contributed by atoms with E-state index in [1.54, 1.807) is 6.20 Å². The second-order valence-electron chi connectivity index (χ2n) is 3.92. The van der Waals surface area contributed by atoms with Crippen molar-refractivity contribution in [3.05, 3.63) is 53.7 Å². The lowest BCUT2D eigenvalue weighted by Crippen LogP contribution is -2.09. The zero-order valence-electron chi connectivity index (χ0n) is 9.77. The van der Waals surface area contributed by atoms with Crippen molar-refractivity contribution in [3.8, 4) is 0 Å². The fraction of sp³-hybridized carbons (Fsp3) is 0.154. The van der Waals surface area contributed by atoms with Gasteiger partial charge in [0.05, 0.1) is 0 Å². The van der Waals surface area contributed by atoms with E-state index in [0.29, 0.717) is 5.82 Å². The molecule has 0 saturated heterocycles. The highest BCUT2D eigenvalue weighted by atomic mass is 15.2. The molecular weight excluding hydrogens is 212 g/mol. The van der Waals surface area contributed by atoms with Gasteiger partial charge in [0, 0.05) is 24.5 Å². The number of anilines is 2. The third kappa shape index (κ3) is 3.19. The number of pyridine rings is 1. The SMILES string of the molecule is Cc1cccc(CNc2ccnc(NN)c2)c1. The van der Waals surface area contributed by atoms with Crippen molar-refractivity contribution in [1.29, 1.82) is 0 Å². The number of rotatable bonds is 4. The molecule has 0 amide bonds. The van der Waals surface area contributed by atoms with Gasteiger partial charge in [-0.05, 0) is 18.6 Å². The quantitative estimate of drug-likeness (QED) is 0.555. The van der Waals surface area contributed by atoms with Crippen LogP contribution in [0.4, 0.5) is 11.5 Å². The van der Waals surface area contributed by atoms with Gasteiger partial charge in [-0.1, -0.05) is 29.8 Å². The molecule has 17 heavy (non-hydrogen) atoms. The molecule has 0 aliphatic rings. The average molecular weight is 228 g/mol. The van der Waals surface area contributed by atoms with E-state index >= 15 is 0 Å². The standard InChI is InChI=1S/C13H16N4/c1-10-3-2-4-11(7-10)9-16-12-5-6-15-13(8-12)17-14/h2-8H,9,14H2,1H3,(H2,15,16,17). The Morgan fingerprint density at radius 1 is 1.24 bits per heavy atom. The molecule has 4 nitrogen and oxygen atoms in total. The molecule has 0 fully saturated rings. The Balaban J connectivity index is 2.02. The van der Waals surface area contributed by atoms with Crippen LogP contribution in [0.2, 0.25) is 0 Å².